The molecule has 29 heavy (non-hydrogen) atoms. The largest absolute Gasteiger partial charge is 0.530 e. The molecular weight excluding hydrogens is 391 g/mol. The summed E-state index contributed by atoms with van der Waals surface area (Å²) in [5, 5.41) is 1.97. The highest BCUT2D eigenvalue weighted by molar-refractivity contribution is 7.48. The van der Waals surface area contributed by atoms with Crippen molar-refractivity contribution < 1.29 is 27.7 Å². The second-order valence-corrected chi connectivity index (χ2v) is 7.71. The number of hydrogen-bond acceptors (Lipinski definition) is 6. The number of rotatable bonds is 9. The number of carbonyl (C=O) groups excluding carboxylic acids is 1. The van der Waals surface area contributed by atoms with Crippen molar-refractivity contribution in [1.29, 1.82) is 0 Å². The molecule has 152 valence electrons. The predicted molar refractivity (Wildman–Crippen MR) is 113 cm³/mol. The summed E-state index contributed by atoms with van der Waals surface area (Å²) in [5.41, 5.74) is 1.77. The Kier molecular flexibility index (Phi) is 6.70. The van der Waals surface area contributed by atoms with Gasteiger partial charge in [0.15, 0.2) is 11.5 Å². The van der Waals surface area contributed by atoms with Crippen LogP contribution in [0, 0.1) is 0 Å². The first-order valence-electron chi connectivity index (χ1n) is 9.29. The third-order valence-corrected chi connectivity index (χ3v) is 5.85. The molecule has 0 saturated heterocycles. The van der Waals surface area contributed by atoms with Gasteiger partial charge in [0.05, 0.1) is 20.3 Å². The summed E-state index contributed by atoms with van der Waals surface area (Å²) in [4.78, 5) is 11.5. The quantitative estimate of drug-likeness (QED) is 0.321. The summed E-state index contributed by atoms with van der Waals surface area (Å²) < 4.78 is 34.9. The summed E-state index contributed by atoms with van der Waals surface area (Å²) in [7, 11) is -2.43. The van der Waals surface area contributed by atoms with E-state index in [9.17, 15) is 9.36 Å². The molecule has 0 saturated carbocycles. The monoisotopic (exact) mass is 414 g/mol. The first-order valence-corrected chi connectivity index (χ1v) is 10.7. The standard InChI is InChI=1S/C22H23O6P/c1-4-26-29(24,27-5-2)28-22-20(13-16(15-23)14-21(22)25-3)19-12-8-10-17-9-6-7-11-18(17)19/h6-15H,4-5H2,1-3H3. The zero-order valence-electron chi connectivity index (χ0n) is 16.6. The van der Waals surface area contributed by atoms with Gasteiger partial charge in [-0.3, -0.25) is 13.8 Å². The second kappa shape index (κ2) is 9.23. The van der Waals surface area contributed by atoms with Crippen LogP contribution in [0.5, 0.6) is 11.5 Å². The van der Waals surface area contributed by atoms with Gasteiger partial charge in [-0.05, 0) is 42.3 Å². The lowest BCUT2D eigenvalue weighted by atomic mass is 9.96. The lowest BCUT2D eigenvalue weighted by Gasteiger charge is -2.21. The molecule has 0 unspecified atom stereocenters. The molecule has 0 radical (unpaired) electrons. The molecule has 3 aromatic carbocycles. The molecule has 0 amide bonds. The van der Waals surface area contributed by atoms with Crippen molar-refractivity contribution >= 4 is 24.9 Å². The number of aldehydes is 1. The minimum Gasteiger partial charge on any atom is -0.493 e. The number of ether oxygens (including phenoxy) is 1. The highest BCUT2D eigenvalue weighted by atomic mass is 31.2. The normalized spacial score (nSPS) is 11.4. The number of phosphoric ester groups is 1. The minimum atomic E-state index is -3.88. The maximum Gasteiger partial charge on any atom is 0.530 e. The van der Waals surface area contributed by atoms with E-state index in [1.54, 1.807) is 19.9 Å². The van der Waals surface area contributed by atoms with Crippen LogP contribution in [0.15, 0.2) is 54.6 Å². The van der Waals surface area contributed by atoms with Crippen LogP contribution in [0.2, 0.25) is 0 Å². The number of carbonyl (C=O) groups is 1. The fraction of sp³-hybridized carbons (Fsp3) is 0.227. The lowest BCUT2D eigenvalue weighted by Crippen LogP contribution is -2.05. The third kappa shape index (κ3) is 4.51. The smallest absolute Gasteiger partial charge is 0.493 e. The van der Waals surface area contributed by atoms with Crippen molar-refractivity contribution in [1.82, 2.24) is 0 Å². The van der Waals surface area contributed by atoms with Crippen LogP contribution >= 0.6 is 7.82 Å². The molecule has 6 nitrogen and oxygen atoms in total. The van der Waals surface area contributed by atoms with Gasteiger partial charge in [-0.25, -0.2) is 4.57 Å². The zero-order chi connectivity index (χ0) is 20.9. The van der Waals surface area contributed by atoms with Crippen LogP contribution in [0.1, 0.15) is 24.2 Å². The summed E-state index contributed by atoms with van der Waals surface area (Å²) >= 11 is 0. The number of phosphoric acid groups is 1. The molecule has 0 spiro atoms. The van der Waals surface area contributed by atoms with Crippen LogP contribution in [-0.2, 0) is 13.6 Å². The van der Waals surface area contributed by atoms with Gasteiger partial charge < -0.3 is 9.26 Å². The van der Waals surface area contributed by atoms with E-state index < -0.39 is 7.82 Å². The van der Waals surface area contributed by atoms with Crippen molar-refractivity contribution in [2.24, 2.45) is 0 Å². The molecule has 0 aliphatic carbocycles. The summed E-state index contributed by atoms with van der Waals surface area (Å²) in [6.45, 7) is 3.70. The SMILES string of the molecule is CCOP(=O)(OCC)Oc1c(OC)cc(C=O)cc1-c1cccc2ccccc12. The van der Waals surface area contributed by atoms with Gasteiger partial charge in [0, 0.05) is 11.1 Å². The topological polar surface area (TPSA) is 71.1 Å². The fourth-order valence-corrected chi connectivity index (χ4v) is 4.34. The highest BCUT2D eigenvalue weighted by Crippen LogP contribution is 2.54. The third-order valence-electron chi connectivity index (χ3n) is 4.29. The Hall–Kier alpha value is -2.66. The molecule has 0 bridgehead atoms. The van der Waals surface area contributed by atoms with E-state index in [2.05, 4.69) is 0 Å². The van der Waals surface area contributed by atoms with Gasteiger partial charge in [0.1, 0.15) is 6.29 Å². The van der Waals surface area contributed by atoms with E-state index in [4.69, 9.17) is 18.3 Å². The molecule has 0 N–H and O–H groups in total. The van der Waals surface area contributed by atoms with Crippen molar-refractivity contribution in [2.75, 3.05) is 20.3 Å². The van der Waals surface area contributed by atoms with Crippen LogP contribution in [-0.4, -0.2) is 26.6 Å². The molecule has 0 aromatic heterocycles. The Morgan fingerprint density at radius 1 is 0.931 bits per heavy atom. The first kappa shape index (κ1) is 21.1. The zero-order valence-corrected chi connectivity index (χ0v) is 17.5. The second-order valence-electron chi connectivity index (χ2n) is 6.12. The van der Waals surface area contributed by atoms with Crippen LogP contribution < -0.4 is 9.26 Å². The van der Waals surface area contributed by atoms with Crippen LogP contribution in [0.25, 0.3) is 21.9 Å². The maximum absolute atomic E-state index is 13.1. The Balaban J connectivity index is 2.27. The molecule has 3 rings (SSSR count). The van der Waals surface area contributed by atoms with Gasteiger partial charge in [0.25, 0.3) is 0 Å². The van der Waals surface area contributed by atoms with Gasteiger partial charge in [-0.1, -0.05) is 42.5 Å². The molecule has 7 heteroatoms. The van der Waals surface area contributed by atoms with Crippen LogP contribution in [0.4, 0.5) is 0 Å². The Morgan fingerprint density at radius 2 is 1.62 bits per heavy atom. The Bertz CT molecular complexity index is 1050. The maximum atomic E-state index is 13.1. The van der Waals surface area contributed by atoms with E-state index in [1.165, 1.54) is 13.2 Å². The lowest BCUT2D eigenvalue weighted by molar-refractivity contribution is 0.112. The van der Waals surface area contributed by atoms with Crippen molar-refractivity contribution in [2.45, 2.75) is 13.8 Å². The molecule has 0 atom stereocenters. The van der Waals surface area contributed by atoms with Crippen molar-refractivity contribution in [3.63, 3.8) is 0 Å². The first-order chi connectivity index (χ1) is 14.0. The van der Waals surface area contributed by atoms with Gasteiger partial charge >= 0.3 is 7.82 Å². The van der Waals surface area contributed by atoms with Crippen molar-refractivity contribution in [3.8, 4) is 22.6 Å². The Labute approximate surface area is 170 Å². The van der Waals surface area contributed by atoms with Gasteiger partial charge in [0.2, 0.25) is 0 Å². The summed E-state index contributed by atoms with van der Waals surface area (Å²) in [5.74, 6) is 0.455. The predicted octanol–water partition coefficient (Wildman–Crippen LogP) is 5.89. The van der Waals surface area contributed by atoms with Gasteiger partial charge in [-0.15, -0.1) is 0 Å². The number of hydrogen-bond donors (Lipinski definition) is 0. The van der Waals surface area contributed by atoms with E-state index in [0.717, 1.165) is 22.6 Å². The molecule has 0 heterocycles. The molecule has 0 fully saturated rings. The van der Waals surface area contributed by atoms with E-state index >= 15 is 0 Å². The average molecular weight is 414 g/mol. The summed E-state index contributed by atoms with van der Waals surface area (Å²) in [6, 6.07) is 16.9. The molecular formula is C22H23O6P. The van der Waals surface area contributed by atoms with Gasteiger partial charge in [-0.2, -0.15) is 0 Å². The minimum absolute atomic E-state index is 0.148. The van der Waals surface area contributed by atoms with E-state index in [1.807, 2.05) is 42.5 Å². The molecule has 0 aliphatic heterocycles. The molecule has 0 aliphatic rings. The van der Waals surface area contributed by atoms with E-state index in [-0.39, 0.29) is 24.7 Å². The van der Waals surface area contributed by atoms with E-state index in [0.29, 0.717) is 11.1 Å². The number of methoxy groups -OCH3 is 1. The number of fused-ring (bicyclic) bond motifs is 1. The highest BCUT2D eigenvalue weighted by Gasteiger charge is 2.31. The van der Waals surface area contributed by atoms with Crippen LogP contribution in [0.3, 0.4) is 0 Å². The summed E-state index contributed by atoms with van der Waals surface area (Å²) in [6.07, 6.45) is 0.728. The average Bonchev–Trinajstić information content (AvgIpc) is 2.73. The fourth-order valence-electron chi connectivity index (χ4n) is 3.12. The number of benzene rings is 3. The van der Waals surface area contributed by atoms with Crippen molar-refractivity contribution in [3.05, 3.63) is 60.2 Å². The Morgan fingerprint density at radius 3 is 2.28 bits per heavy atom. The molecule has 3 aromatic rings.